The van der Waals surface area contributed by atoms with E-state index < -0.39 is 5.79 Å². The normalized spacial score (nSPS) is 24.3. The van der Waals surface area contributed by atoms with Gasteiger partial charge >= 0.3 is 0 Å². The third-order valence-electron chi connectivity index (χ3n) is 2.47. The van der Waals surface area contributed by atoms with Crippen molar-refractivity contribution in [2.45, 2.75) is 32.2 Å². The Bertz CT molecular complexity index is 329. The molecule has 1 fully saturated rings. The summed E-state index contributed by atoms with van der Waals surface area (Å²) in [7, 11) is 0. The summed E-state index contributed by atoms with van der Waals surface area (Å²) in [5, 5.41) is 9.14. The van der Waals surface area contributed by atoms with Gasteiger partial charge in [-0.2, -0.15) is 0 Å². The second-order valence-corrected chi connectivity index (χ2v) is 4.32. The van der Waals surface area contributed by atoms with Crippen LogP contribution < -0.4 is 0 Å². The molecule has 0 radical (unpaired) electrons. The lowest BCUT2D eigenvalue weighted by Crippen LogP contribution is -2.22. The highest BCUT2D eigenvalue weighted by Crippen LogP contribution is 2.24. The average molecular weight is 208 g/mol. The topological polar surface area (TPSA) is 38.7 Å². The van der Waals surface area contributed by atoms with Crippen LogP contribution in [0.2, 0.25) is 0 Å². The summed E-state index contributed by atoms with van der Waals surface area (Å²) in [5.74, 6) is -0.163. The Labute approximate surface area is 89.6 Å². The van der Waals surface area contributed by atoms with Crippen molar-refractivity contribution in [3.05, 3.63) is 29.8 Å². The zero-order valence-corrected chi connectivity index (χ0v) is 9.06. The molecule has 0 saturated carbocycles. The van der Waals surface area contributed by atoms with Crippen LogP contribution in [0.1, 0.15) is 19.4 Å². The average Bonchev–Trinajstić information content (AvgIpc) is 2.50. The van der Waals surface area contributed by atoms with Crippen LogP contribution in [0, 0.1) is 0 Å². The van der Waals surface area contributed by atoms with E-state index in [1.54, 1.807) is 12.1 Å². The lowest BCUT2D eigenvalue weighted by molar-refractivity contribution is -0.138. The summed E-state index contributed by atoms with van der Waals surface area (Å²) >= 11 is 0. The van der Waals surface area contributed by atoms with Gasteiger partial charge in [-0.05, 0) is 31.5 Å². The van der Waals surface area contributed by atoms with Gasteiger partial charge in [0, 0.05) is 6.42 Å². The molecule has 0 spiro atoms. The van der Waals surface area contributed by atoms with Gasteiger partial charge in [0.25, 0.3) is 0 Å². The van der Waals surface area contributed by atoms with Gasteiger partial charge in [0.05, 0.1) is 12.7 Å². The number of ether oxygens (including phenoxy) is 2. The monoisotopic (exact) mass is 208 g/mol. The maximum absolute atomic E-state index is 9.14. The summed E-state index contributed by atoms with van der Waals surface area (Å²) in [6.07, 6.45) is 0.938. The molecule has 0 aromatic heterocycles. The number of aromatic hydroxyl groups is 1. The fourth-order valence-electron chi connectivity index (χ4n) is 1.76. The number of benzene rings is 1. The predicted molar refractivity (Wildman–Crippen MR) is 56.7 cm³/mol. The molecule has 0 amide bonds. The van der Waals surface area contributed by atoms with E-state index in [9.17, 15) is 0 Å². The van der Waals surface area contributed by atoms with Crippen LogP contribution in [-0.2, 0) is 15.9 Å². The Hall–Kier alpha value is -1.06. The summed E-state index contributed by atoms with van der Waals surface area (Å²) in [6.45, 7) is 4.47. The molecule has 1 aromatic carbocycles. The van der Waals surface area contributed by atoms with Crippen LogP contribution in [0.4, 0.5) is 0 Å². The number of hydrogen-bond acceptors (Lipinski definition) is 3. The molecular formula is C12H16O3. The lowest BCUT2D eigenvalue weighted by atomic mass is 10.1. The minimum Gasteiger partial charge on any atom is -0.508 e. The Balaban J connectivity index is 1.96. The van der Waals surface area contributed by atoms with Gasteiger partial charge in [-0.3, -0.25) is 0 Å². The molecule has 3 heteroatoms. The van der Waals surface area contributed by atoms with Crippen LogP contribution in [0.25, 0.3) is 0 Å². The first-order chi connectivity index (χ1) is 7.05. The van der Waals surface area contributed by atoms with E-state index in [-0.39, 0.29) is 6.10 Å². The van der Waals surface area contributed by atoms with Crippen molar-refractivity contribution in [1.29, 1.82) is 0 Å². The van der Waals surface area contributed by atoms with Crippen LogP contribution in [0.3, 0.4) is 0 Å². The van der Waals surface area contributed by atoms with Crippen molar-refractivity contribution in [3.63, 3.8) is 0 Å². The Kier molecular flexibility index (Phi) is 2.67. The molecule has 1 saturated heterocycles. The zero-order chi connectivity index (χ0) is 10.9. The molecule has 82 valence electrons. The van der Waals surface area contributed by atoms with Crippen LogP contribution in [0.5, 0.6) is 5.75 Å². The van der Waals surface area contributed by atoms with E-state index in [1.807, 2.05) is 26.0 Å². The second-order valence-electron chi connectivity index (χ2n) is 4.32. The van der Waals surface area contributed by atoms with Gasteiger partial charge in [0.1, 0.15) is 5.75 Å². The van der Waals surface area contributed by atoms with Crippen molar-refractivity contribution in [3.8, 4) is 5.75 Å². The first-order valence-corrected chi connectivity index (χ1v) is 5.15. The molecule has 0 bridgehead atoms. The smallest absolute Gasteiger partial charge is 0.163 e. The number of rotatable bonds is 2. The molecule has 3 nitrogen and oxygen atoms in total. The molecule has 1 aromatic rings. The fourth-order valence-corrected chi connectivity index (χ4v) is 1.76. The highest BCUT2D eigenvalue weighted by Gasteiger charge is 2.32. The number of phenols is 1. The summed E-state index contributed by atoms with van der Waals surface area (Å²) < 4.78 is 11.2. The van der Waals surface area contributed by atoms with Crippen molar-refractivity contribution >= 4 is 0 Å². The van der Waals surface area contributed by atoms with Crippen LogP contribution in [0.15, 0.2) is 24.3 Å². The third-order valence-corrected chi connectivity index (χ3v) is 2.47. The molecular weight excluding hydrogens is 192 g/mol. The summed E-state index contributed by atoms with van der Waals surface area (Å²) in [5.41, 5.74) is 1.15. The maximum atomic E-state index is 9.14. The number of phenolic OH excluding ortho intramolecular Hbond substituents is 1. The molecule has 0 aliphatic carbocycles. The van der Waals surface area contributed by atoms with E-state index in [0.29, 0.717) is 12.4 Å². The predicted octanol–water partition coefficient (Wildman–Crippen LogP) is 2.09. The van der Waals surface area contributed by atoms with Gasteiger partial charge in [0.2, 0.25) is 0 Å². The molecule has 1 aliphatic rings. The Morgan fingerprint density at radius 1 is 1.33 bits per heavy atom. The van der Waals surface area contributed by atoms with E-state index >= 15 is 0 Å². The zero-order valence-electron chi connectivity index (χ0n) is 9.06. The fraction of sp³-hybridized carbons (Fsp3) is 0.500. The standard InChI is InChI=1S/C12H16O3/c1-12(2)14-8-11(15-12)7-9-3-5-10(13)6-4-9/h3-6,11,13H,7-8H2,1-2H3/t11-/m0/s1. The van der Waals surface area contributed by atoms with Crippen LogP contribution in [-0.4, -0.2) is 23.6 Å². The molecule has 0 unspecified atom stereocenters. The third kappa shape index (κ3) is 2.70. The van der Waals surface area contributed by atoms with Gasteiger partial charge in [-0.15, -0.1) is 0 Å². The second kappa shape index (κ2) is 3.83. The Morgan fingerprint density at radius 2 is 2.00 bits per heavy atom. The molecule has 2 rings (SSSR count). The van der Waals surface area contributed by atoms with Gasteiger partial charge in [-0.25, -0.2) is 0 Å². The van der Waals surface area contributed by atoms with E-state index in [0.717, 1.165) is 12.0 Å². The van der Waals surface area contributed by atoms with Gasteiger partial charge in [0.15, 0.2) is 5.79 Å². The minimum absolute atomic E-state index is 0.115. The SMILES string of the molecule is CC1(C)OC[C@H](Cc2ccc(O)cc2)O1. The molecule has 1 aliphatic heterocycles. The van der Waals surface area contributed by atoms with E-state index in [2.05, 4.69) is 0 Å². The molecule has 1 heterocycles. The highest BCUT2D eigenvalue weighted by molar-refractivity contribution is 5.26. The molecule has 15 heavy (non-hydrogen) atoms. The van der Waals surface area contributed by atoms with E-state index in [4.69, 9.17) is 14.6 Å². The maximum Gasteiger partial charge on any atom is 0.163 e. The van der Waals surface area contributed by atoms with Crippen molar-refractivity contribution in [2.75, 3.05) is 6.61 Å². The number of hydrogen-bond donors (Lipinski definition) is 1. The highest BCUT2D eigenvalue weighted by atomic mass is 16.7. The first kappa shape index (κ1) is 10.5. The van der Waals surface area contributed by atoms with E-state index in [1.165, 1.54) is 0 Å². The van der Waals surface area contributed by atoms with Gasteiger partial charge in [-0.1, -0.05) is 12.1 Å². The lowest BCUT2D eigenvalue weighted by Gasteiger charge is -2.17. The molecule has 1 atom stereocenters. The Morgan fingerprint density at radius 3 is 2.53 bits per heavy atom. The van der Waals surface area contributed by atoms with Crippen LogP contribution >= 0.6 is 0 Å². The minimum atomic E-state index is -0.457. The summed E-state index contributed by atoms with van der Waals surface area (Å²) in [6, 6.07) is 7.20. The van der Waals surface area contributed by atoms with Gasteiger partial charge < -0.3 is 14.6 Å². The van der Waals surface area contributed by atoms with Crippen molar-refractivity contribution in [2.24, 2.45) is 0 Å². The summed E-state index contributed by atoms with van der Waals surface area (Å²) in [4.78, 5) is 0. The quantitative estimate of drug-likeness (QED) is 0.808. The first-order valence-electron chi connectivity index (χ1n) is 5.15. The molecule has 1 N–H and O–H groups in total. The van der Waals surface area contributed by atoms with Crippen molar-refractivity contribution in [1.82, 2.24) is 0 Å². The van der Waals surface area contributed by atoms with Crippen molar-refractivity contribution < 1.29 is 14.6 Å². The largest absolute Gasteiger partial charge is 0.508 e.